The summed E-state index contributed by atoms with van der Waals surface area (Å²) in [4.78, 5) is 0. The average Bonchev–Trinajstić information content (AvgIpc) is 2.84. The minimum absolute atomic E-state index is 0.253. The van der Waals surface area contributed by atoms with Crippen LogP contribution in [0.15, 0.2) is 39.3 Å². The maximum atomic E-state index is 9.57. The normalized spacial score (nSPS) is 16.6. The molecule has 2 N–H and O–H groups in total. The zero-order valence-electron chi connectivity index (χ0n) is 11.5. The first kappa shape index (κ1) is 14.7. The third-order valence-electron chi connectivity index (χ3n) is 3.78. The molecule has 3 rings (SSSR count). The summed E-state index contributed by atoms with van der Waals surface area (Å²) >= 11 is 7.06. The van der Waals surface area contributed by atoms with E-state index in [2.05, 4.69) is 37.2 Å². The van der Waals surface area contributed by atoms with Crippen molar-refractivity contribution in [2.24, 2.45) is 0 Å². The van der Waals surface area contributed by atoms with Crippen LogP contribution in [0.3, 0.4) is 0 Å². The van der Waals surface area contributed by atoms with Crippen molar-refractivity contribution in [1.29, 1.82) is 0 Å². The summed E-state index contributed by atoms with van der Waals surface area (Å²) in [5.41, 5.74) is 3.47. The van der Waals surface area contributed by atoms with Crippen LogP contribution in [0.1, 0.15) is 23.6 Å². The zero-order valence-corrected chi connectivity index (χ0v) is 14.7. The van der Waals surface area contributed by atoms with E-state index in [9.17, 15) is 5.11 Å². The number of anilines is 1. The summed E-state index contributed by atoms with van der Waals surface area (Å²) in [5, 5.41) is 13.1. The number of fused-ring (bicyclic) bond motifs is 1. The minimum atomic E-state index is 0.253. The molecule has 0 bridgehead atoms. The summed E-state index contributed by atoms with van der Waals surface area (Å²) in [6, 6.07) is 9.81. The van der Waals surface area contributed by atoms with E-state index in [0.717, 1.165) is 33.2 Å². The quantitative estimate of drug-likeness (QED) is 0.743. The first-order valence-electron chi connectivity index (χ1n) is 6.70. The fourth-order valence-electron chi connectivity index (χ4n) is 2.74. The summed E-state index contributed by atoms with van der Waals surface area (Å²) in [6.45, 7) is 0. The first-order chi connectivity index (χ1) is 10.1. The summed E-state index contributed by atoms with van der Waals surface area (Å²) in [5.74, 6) is 1.13. The highest BCUT2D eigenvalue weighted by atomic mass is 79.9. The Morgan fingerprint density at radius 1 is 1.19 bits per heavy atom. The van der Waals surface area contributed by atoms with E-state index < -0.39 is 0 Å². The average molecular weight is 413 g/mol. The predicted molar refractivity (Wildman–Crippen MR) is 91.2 cm³/mol. The van der Waals surface area contributed by atoms with Crippen molar-refractivity contribution in [2.45, 2.75) is 18.9 Å². The Balaban J connectivity index is 1.89. The molecule has 0 spiro atoms. The second kappa shape index (κ2) is 5.89. The van der Waals surface area contributed by atoms with E-state index in [4.69, 9.17) is 4.74 Å². The molecule has 0 saturated carbocycles. The highest BCUT2D eigenvalue weighted by molar-refractivity contribution is 9.11. The molecule has 21 heavy (non-hydrogen) atoms. The summed E-state index contributed by atoms with van der Waals surface area (Å²) in [6.07, 6.45) is 2.00. The van der Waals surface area contributed by atoms with E-state index in [1.54, 1.807) is 13.2 Å². The monoisotopic (exact) mass is 411 g/mol. The van der Waals surface area contributed by atoms with E-state index in [1.165, 1.54) is 11.1 Å². The number of rotatable bonds is 3. The molecule has 3 nitrogen and oxygen atoms in total. The van der Waals surface area contributed by atoms with Gasteiger partial charge in [0.05, 0.1) is 23.3 Å². The fraction of sp³-hybridized carbons (Fsp3) is 0.250. The standard InChI is InChI=1S/C16H15Br2NO2/c1-21-16-8-15(12(17)7-13(16)18)19-14-5-2-9-6-10(20)3-4-11(9)14/h3-4,6-8,14,19-20H,2,5H2,1H3. The van der Waals surface area contributed by atoms with Crippen molar-refractivity contribution in [3.05, 3.63) is 50.4 Å². The van der Waals surface area contributed by atoms with Crippen LogP contribution in [0.4, 0.5) is 5.69 Å². The molecule has 0 aromatic heterocycles. The third kappa shape index (κ3) is 2.90. The van der Waals surface area contributed by atoms with E-state index in [0.29, 0.717) is 5.75 Å². The van der Waals surface area contributed by atoms with Gasteiger partial charge < -0.3 is 15.2 Å². The van der Waals surface area contributed by atoms with Crippen LogP contribution >= 0.6 is 31.9 Å². The number of aryl methyl sites for hydroxylation is 1. The fourth-order valence-corrected chi connectivity index (χ4v) is 4.01. The Labute approximate surface area is 140 Å². The smallest absolute Gasteiger partial charge is 0.135 e. The van der Waals surface area contributed by atoms with Gasteiger partial charge in [0, 0.05) is 10.5 Å². The number of phenols is 1. The van der Waals surface area contributed by atoms with Crippen LogP contribution in [-0.2, 0) is 6.42 Å². The van der Waals surface area contributed by atoms with Crippen LogP contribution < -0.4 is 10.1 Å². The van der Waals surface area contributed by atoms with E-state index >= 15 is 0 Å². The van der Waals surface area contributed by atoms with Gasteiger partial charge in [0.1, 0.15) is 11.5 Å². The van der Waals surface area contributed by atoms with Crippen LogP contribution in [0, 0.1) is 0 Å². The Bertz CT molecular complexity index is 688. The SMILES string of the molecule is COc1cc(NC2CCc3cc(O)ccc32)c(Br)cc1Br. The number of aromatic hydroxyl groups is 1. The number of halogens is 2. The highest BCUT2D eigenvalue weighted by Gasteiger charge is 2.23. The number of ether oxygens (including phenoxy) is 1. The van der Waals surface area contributed by atoms with Crippen LogP contribution in [0.2, 0.25) is 0 Å². The van der Waals surface area contributed by atoms with Crippen molar-refractivity contribution in [1.82, 2.24) is 0 Å². The van der Waals surface area contributed by atoms with Gasteiger partial charge in [0.2, 0.25) is 0 Å². The zero-order chi connectivity index (χ0) is 15.0. The van der Waals surface area contributed by atoms with Gasteiger partial charge in [-0.05, 0) is 74.0 Å². The molecule has 1 atom stereocenters. The maximum Gasteiger partial charge on any atom is 0.135 e. The number of benzene rings is 2. The Morgan fingerprint density at radius 2 is 2.00 bits per heavy atom. The van der Waals surface area contributed by atoms with E-state index in [1.807, 2.05) is 24.3 Å². The van der Waals surface area contributed by atoms with Crippen molar-refractivity contribution >= 4 is 37.5 Å². The van der Waals surface area contributed by atoms with Gasteiger partial charge in [-0.25, -0.2) is 0 Å². The van der Waals surface area contributed by atoms with Crippen LogP contribution in [-0.4, -0.2) is 12.2 Å². The number of hydrogen-bond donors (Lipinski definition) is 2. The lowest BCUT2D eigenvalue weighted by atomic mass is 10.1. The maximum absolute atomic E-state index is 9.57. The van der Waals surface area contributed by atoms with Crippen LogP contribution in [0.25, 0.3) is 0 Å². The number of nitrogens with one attached hydrogen (secondary N) is 1. The van der Waals surface area contributed by atoms with Crippen molar-refractivity contribution in [2.75, 3.05) is 12.4 Å². The van der Waals surface area contributed by atoms with E-state index in [-0.39, 0.29) is 6.04 Å². The highest BCUT2D eigenvalue weighted by Crippen LogP contribution is 2.40. The van der Waals surface area contributed by atoms with Gasteiger partial charge in [-0.2, -0.15) is 0 Å². The molecule has 0 fully saturated rings. The van der Waals surface area contributed by atoms with Gasteiger partial charge in [0.15, 0.2) is 0 Å². The van der Waals surface area contributed by atoms with Crippen molar-refractivity contribution in [3.63, 3.8) is 0 Å². The molecule has 1 aliphatic rings. The van der Waals surface area contributed by atoms with Crippen molar-refractivity contribution < 1.29 is 9.84 Å². The second-order valence-corrected chi connectivity index (χ2v) is 6.79. The molecule has 0 saturated heterocycles. The molecule has 2 aromatic rings. The molecule has 1 unspecified atom stereocenters. The second-order valence-electron chi connectivity index (χ2n) is 5.09. The minimum Gasteiger partial charge on any atom is -0.508 e. The van der Waals surface area contributed by atoms with Gasteiger partial charge in [-0.15, -0.1) is 0 Å². The lowest BCUT2D eigenvalue weighted by Gasteiger charge is -2.18. The van der Waals surface area contributed by atoms with Gasteiger partial charge in [-0.3, -0.25) is 0 Å². The third-order valence-corrected chi connectivity index (χ3v) is 5.05. The Morgan fingerprint density at radius 3 is 2.76 bits per heavy atom. The Hall–Kier alpha value is -1.20. The molecule has 0 aliphatic heterocycles. The molecule has 1 aliphatic carbocycles. The lowest BCUT2D eigenvalue weighted by Crippen LogP contribution is -2.07. The largest absolute Gasteiger partial charge is 0.508 e. The number of hydrogen-bond acceptors (Lipinski definition) is 3. The lowest BCUT2D eigenvalue weighted by molar-refractivity contribution is 0.412. The van der Waals surface area contributed by atoms with Crippen molar-refractivity contribution in [3.8, 4) is 11.5 Å². The number of phenolic OH excluding ortho intramolecular Hbond substituents is 1. The topological polar surface area (TPSA) is 41.5 Å². The summed E-state index contributed by atoms with van der Waals surface area (Å²) < 4.78 is 7.25. The number of methoxy groups -OCH3 is 1. The van der Waals surface area contributed by atoms with Gasteiger partial charge in [-0.1, -0.05) is 6.07 Å². The Kier molecular flexibility index (Phi) is 4.13. The molecular weight excluding hydrogens is 398 g/mol. The predicted octanol–water partition coefficient (Wildman–Crippen LogP) is 5.03. The summed E-state index contributed by atoms with van der Waals surface area (Å²) in [7, 11) is 1.66. The van der Waals surface area contributed by atoms with Gasteiger partial charge >= 0.3 is 0 Å². The molecule has 2 aromatic carbocycles. The van der Waals surface area contributed by atoms with Crippen LogP contribution in [0.5, 0.6) is 11.5 Å². The molecular formula is C16H15Br2NO2. The first-order valence-corrected chi connectivity index (χ1v) is 8.28. The molecule has 110 valence electrons. The molecule has 0 amide bonds. The molecule has 0 heterocycles. The molecule has 5 heteroatoms. The molecule has 0 radical (unpaired) electrons. The van der Waals surface area contributed by atoms with Gasteiger partial charge in [0.25, 0.3) is 0 Å².